The van der Waals surface area contributed by atoms with Gasteiger partial charge in [-0.1, -0.05) is 11.6 Å². The molecule has 0 unspecified atom stereocenters. The number of ether oxygens (including phenoxy) is 1. The largest absolute Gasteiger partial charge is 0.497 e. The maximum absolute atomic E-state index is 12.6. The molecule has 0 bridgehead atoms. The predicted octanol–water partition coefficient (Wildman–Crippen LogP) is 3.75. The quantitative estimate of drug-likeness (QED) is 0.875. The summed E-state index contributed by atoms with van der Waals surface area (Å²) < 4.78 is 32.8. The number of hydrogen-bond donors (Lipinski definition) is 1. The average Bonchev–Trinajstić information content (AvgIpc) is 3.11. The Labute approximate surface area is 147 Å². The monoisotopic (exact) mass is 366 g/mol. The van der Waals surface area contributed by atoms with Crippen molar-refractivity contribution in [3.63, 3.8) is 0 Å². The number of nitrogens with zero attached hydrogens (tertiary/aromatic N) is 1. The second-order valence-corrected chi connectivity index (χ2v) is 7.73. The van der Waals surface area contributed by atoms with E-state index in [1.165, 1.54) is 19.2 Å². The maximum atomic E-state index is 12.6. The zero-order valence-corrected chi connectivity index (χ0v) is 14.9. The van der Waals surface area contributed by atoms with Crippen LogP contribution in [0.4, 0.5) is 11.4 Å². The van der Waals surface area contributed by atoms with Crippen LogP contribution in [-0.4, -0.2) is 28.6 Å². The summed E-state index contributed by atoms with van der Waals surface area (Å²) in [4.78, 5) is 2.38. The molecule has 1 fully saturated rings. The van der Waals surface area contributed by atoms with Crippen molar-refractivity contribution in [1.29, 1.82) is 0 Å². The van der Waals surface area contributed by atoms with E-state index in [0.29, 0.717) is 16.5 Å². The number of nitrogens with one attached hydrogen (secondary N) is 1. The molecule has 7 heteroatoms. The van der Waals surface area contributed by atoms with Crippen LogP contribution in [0.3, 0.4) is 0 Å². The molecular formula is C17H19ClN2O3S. The van der Waals surface area contributed by atoms with Crippen LogP contribution in [0.2, 0.25) is 5.02 Å². The summed E-state index contributed by atoms with van der Waals surface area (Å²) in [5, 5.41) is 0.370. The summed E-state index contributed by atoms with van der Waals surface area (Å²) in [6.07, 6.45) is 2.30. The molecule has 0 radical (unpaired) electrons. The molecule has 0 aliphatic carbocycles. The van der Waals surface area contributed by atoms with Gasteiger partial charge in [-0.15, -0.1) is 0 Å². The number of halogens is 1. The molecule has 0 amide bonds. The molecule has 1 saturated heterocycles. The van der Waals surface area contributed by atoms with E-state index in [-0.39, 0.29) is 4.90 Å². The Bertz CT molecular complexity index is 816. The highest BCUT2D eigenvalue weighted by atomic mass is 35.5. The lowest BCUT2D eigenvalue weighted by Gasteiger charge is -2.19. The first-order chi connectivity index (χ1) is 11.5. The van der Waals surface area contributed by atoms with E-state index in [1.807, 2.05) is 6.07 Å². The van der Waals surface area contributed by atoms with Crippen molar-refractivity contribution in [2.24, 2.45) is 0 Å². The van der Waals surface area contributed by atoms with Crippen LogP contribution >= 0.6 is 11.6 Å². The van der Waals surface area contributed by atoms with Gasteiger partial charge in [0.25, 0.3) is 10.0 Å². The van der Waals surface area contributed by atoms with Crippen molar-refractivity contribution in [1.82, 2.24) is 0 Å². The summed E-state index contributed by atoms with van der Waals surface area (Å²) in [5.74, 6) is 0.600. The lowest BCUT2D eigenvalue weighted by atomic mass is 10.2. The zero-order chi connectivity index (χ0) is 17.2. The Morgan fingerprint density at radius 3 is 2.38 bits per heavy atom. The van der Waals surface area contributed by atoms with Crippen LogP contribution in [0.5, 0.6) is 5.75 Å². The molecule has 1 aliphatic heterocycles. The SMILES string of the molecule is COc1ccc(S(=O)(=O)Nc2cc(N3CCCC3)ccc2Cl)cc1. The van der Waals surface area contributed by atoms with Gasteiger partial charge in [-0.2, -0.15) is 0 Å². The van der Waals surface area contributed by atoms with Crippen LogP contribution in [0.25, 0.3) is 0 Å². The standard InChI is InChI=1S/C17H19ClN2O3S/c1-23-14-5-7-15(8-6-14)24(21,22)19-17-12-13(4-9-16(17)18)20-10-2-3-11-20/h4-9,12,19H,2-3,10-11H2,1H3. The number of methoxy groups -OCH3 is 1. The van der Waals surface area contributed by atoms with Gasteiger partial charge in [0.05, 0.1) is 22.7 Å². The molecule has 0 spiro atoms. The summed E-state index contributed by atoms with van der Waals surface area (Å²) in [7, 11) is -2.18. The molecule has 5 nitrogen and oxygen atoms in total. The van der Waals surface area contributed by atoms with Gasteiger partial charge in [-0.05, 0) is 55.3 Å². The van der Waals surface area contributed by atoms with Crippen LogP contribution in [0, 0.1) is 0 Å². The molecule has 2 aromatic rings. The van der Waals surface area contributed by atoms with Crippen molar-refractivity contribution in [2.45, 2.75) is 17.7 Å². The third-order valence-electron chi connectivity index (χ3n) is 4.04. The van der Waals surface area contributed by atoms with E-state index in [9.17, 15) is 8.42 Å². The molecule has 0 aromatic heterocycles. The maximum Gasteiger partial charge on any atom is 0.261 e. The molecule has 2 aromatic carbocycles. The molecule has 1 heterocycles. The highest BCUT2D eigenvalue weighted by Gasteiger charge is 2.18. The number of hydrogen-bond acceptors (Lipinski definition) is 4. The lowest BCUT2D eigenvalue weighted by Crippen LogP contribution is -2.18. The third-order valence-corrected chi connectivity index (χ3v) is 5.75. The molecular weight excluding hydrogens is 348 g/mol. The van der Waals surface area contributed by atoms with Crippen molar-refractivity contribution >= 4 is 33.0 Å². The first-order valence-electron chi connectivity index (χ1n) is 7.71. The molecule has 0 saturated carbocycles. The van der Waals surface area contributed by atoms with E-state index < -0.39 is 10.0 Å². The Morgan fingerprint density at radius 2 is 1.75 bits per heavy atom. The average molecular weight is 367 g/mol. The minimum absolute atomic E-state index is 0.158. The number of sulfonamides is 1. The smallest absolute Gasteiger partial charge is 0.261 e. The van der Waals surface area contributed by atoms with E-state index in [1.54, 1.807) is 24.3 Å². The van der Waals surface area contributed by atoms with Gasteiger partial charge < -0.3 is 9.64 Å². The van der Waals surface area contributed by atoms with Crippen molar-refractivity contribution in [3.8, 4) is 5.75 Å². The Kier molecular flexibility index (Phi) is 4.87. The second kappa shape index (κ2) is 6.91. The fourth-order valence-electron chi connectivity index (χ4n) is 2.72. The highest BCUT2D eigenvalue weighted by molar-refractivity contribution is 7.92. The van der Waals surface area contributed by atoms with Gasteiger partial charge in [-0.3, -0.25) is 4.72 Å². The molecule has 24 heavy (non-hydrogen) atoms. The third kappa shape index (κ3) is 3.60. The lowest BCUT2D eigenvalue weighted by molar-refractivity contribution is 0.414. The van der Waals surface area contributed by atoms with E-state index in [2.05, 4.69) is 9.62 Å². The fourth-order valence-corrected chi connectivity index (χ4v) is 4.01. The Morgan fingerprint density at radius 1 is 1.08 bits per heavy atom. The van der Waals surface area contributed by atoms with E-state index in [4.69, 9.17) is 16.3 Å². The minimum atomic E-state index is -3.71. The first kappa shape index (κ1) is 16.9. The molecule has 1 aliphatic rings. The summed E-state index contributed by atoms with van der Waals surface area (Å²) >= 11 is 6.18. The zero-order valence-electron chi connectivity index (χ0n) is 13.3. The van der Waals surface area contributed by atoms with Gasteiger partial charge in [0.15, 0.2) is 0 Å². The van der Waals surface area contributed by atoms with Crippen LogP contribution in [0.1, 0.15) is 12.8 Å². The molecule has 3 rings (SSSR count). The fraction of sp³-hybridized carbons (Fsp3) is 0.294. The number of benzene rings is 2. The topological polar surface area (TPSA) is 58.6 Å². The van der Waals surface area contributed by atoms with Gasteiger partial charge in [0.2, 0.25) is 0 Å². The Hall–Kier alpha value is -1.92. The summed E-state index contributed by atoms with van der Waals surface area (Å²) in [6, 6.07) is 11.6. The number of rotatable bonds is 5. The van der Waals surface area contributed by atoms with Gasteiger partial charge in [-0.25, -0.2) is 8.42 Å². The first-order valence-corrected chi connectivity index (χ1v) is 9.57. The highest BCUT2D eigenvalue weighted by Crippen LogP contribution is 2.31. The predicted molar refractivity (Wildman–Crippen MR) is 96.7 cm³/mol. The van der Waals surface area contributed by atoms with E-state index in [0.717, 1.165) is 31.6 Å². The summed E-state index contributed by atoms with van der Waals surface area (Å²) in [6.45, 7) is 1.96. The molecule has 128 valence electrons. The van der Waals surface area contributed by atoms with Crippen molar-refractivity contribution < 1.29 is 13.2 Å². The minimum Gasteiger partial charge on any atom is -0.497 e. The van der Waals surface area contributed by atoms with Crippen molar-refractivity contribution in [2.75, 3.05) is 29.8 Å². The van der Waals surface area contributed by atoms with Crippen LogP contribution in [0.15, 0.2) is 47.4 Å². The van der Waals surface area contributed by atoms with Crippen LogP contribution < -0.4 is 14.4 Å². The van der Waals surface area contributed by atoms with Crippen molar-refractivity contribution in [3.05, 3.63) is 47.5 Å². The van der Waals surface area contributed by atoms with E-state index >= 15 is 0 Å². The van der Waals surface area contributed by atoms with Gasteiger partial charge in [0, 0.05) is 18.8 Å². The molecule has 0 atom stereocenters. The molecule has 1 N–H and O–H groups in total. The normalized spacial score (nSPS) is 14.7. The van der Waals surface area contributed by atoms with Gasteiger partial charge in [0.1, 0.15) is 5.75 Å². The number of anilines is 2. The second-order valence-electron chi connectivity index (χ2n) is 5.64. The Balaban J connectivity index is 1.86. The van der Waals surface area contributed by atoms with Gasteiger partial charge >= 0.3 is 0 Å². The summed E-state index contributed by atoms with van der Waals surface area (Å²) in [5.41, 5.74) is 1.36. The van der Waals surface area contributed by atoms with Crippen LogP contribution in [-0.2, 0) is 10.0 Å².